The van der Waals surface area contributed by atoms with E-state index in [0.717, 1.165) is 85.0 Å². The lowest BCUT2D eigenvalue weighted by Gasteiger charge is -2.35. The van der Waals surface area contributed by atoms with Crippen LogP contribution in [0.2, 0.25) is 0 Å². The van der Waals surface area contributed by atoms with Crippen molar-refractivity contribution in [3.05, 3.63) is 252 Å². The Labute approximate surface area is 448 Å². The number of hydrogen-bond donors (Lipinski definition) is 0. The Bertz CT molecular complexity index is 4200. The predicted molar refractivity (Wildman–Crippen MR) is 307 cm³/mol. The van der Waals surface area contributed by atoms with Gasteiger partial charge >= 0.3 is 17.1 Å². The van der Waals surface area contributed by atoms with Gasteiger partial charge in [-0.05, 0) is 118 Å². The van der Waals surface area contributed by atoms with Crippen molar-refractivity contribution in [3.63, 3.8) is 0 Å². The summed E-state index contributed by atoms with van der Waals surface area (Å²) < 4.78 is 99.9. The molecule has 13 rings (SSSR count). The zero-order valence-electron chi connectivity index (χ0n) is 41.5. The van der Waals surface area contributed by atoms with Gasteiger partial charge in [0.1, 0.15) is 28.7 Å². The average Bonchev–Trinajstić information content (AvgIpc) is 3.45. The molecule has 0 fully saturated rings. The van der Waals surface area contributed by atoms with E-state index in [0.29, 0.717) is 35.8 Å². The molecular weight excluding hydrogens is 1040 g/mol. The van der Waals surface area contributed by atoms with E-state index in [1.165, 1.54) is 36.4 Å². The van der Waals surface area contributed by atoms with Crippen molar-refractivity contribution in [3.8, 4) is 23.0 Å². The van der Waals surface area contributed by atoms with Crippen LogP contribution in [0.25, 0.3) is 43.1 Å². The van der Waals surface area contributed by atoms with Gasteiger partial charge in [0.15, 0.2) is 0 Å². The van der Waals surface area contributed by atoms with Crippen molar-refractivity contribution >= 4 is 91.6 Å². The van der Waals surface area contributed by atoms with Gasteiger partial charge in [-0.15, -0.1) is 4.47 Å². The maximum absolute atomic E-state index is 16.0. The zero-order valence-corrected chi connectivity index (χ0v) is 44.9. The highest BCUT2D eigenvalue weighted by molar-refractivity contribution is 7.99. The number of aryl methyl sites for hydroxylation is 2. The summed E-state index contributed by atoms with van der Waals surface area (Å²) in [6.07, 6.45) is 0.827. The summed E-state index contributed by atoms with van der Waals surface area (Å²) >= 11 is 0. The quantitative estimate of drug-likeness (QED) is 0.103. The summed E-state index contributed by atoms with van der Waals surface area (Å²) in [5.74, 6) is 1.64. The van der Waals surface area contributed by atoms with E-state index in [1.807, 2.05) is 159 Å². The van der Waals surface area contributed by atoms with Crippen LogP contribution in [0.4, 0.5) is 11.4 Å². The number of rotatable bonds is 9. The standard InChI is InChI=1S/C62H46N2O9P2S2/c1-41-23-31-47(32-24-41)76(65,66)63(73-75-71-61-37-29-45-15-5-9-19-51(45)55(61)40-56-52-20-10-6-16-46(52)30-38-62(56)72-75)57-21-11-12-22-58(57)64(77(67,68)48-33-25-42(2)26-34-48)74-69-59-35-27-43-13-3-7-17-49(43)53(59)39-54-50-18-8-4-14-44(50)28-36-60(54)70-74/h3-38H,39-40H2,1-2H3. The van der Waals surface area contributed by atoms with Gasteiger partial charge in [-0.1, -0.05) is 169 Å². The Hall–Kier alpha value is -8.02. The minimum Gasteiger partial charge on any atom is -0.422 e. The fourth-order valence-corrected chi connectivity index (χ4v) is 16.2. The number of anilines is 2. The largest absolute Gasteiger partial charge is 0.487 e. The highest BCUT2D eigenvalue weighted by Gasteiger charge is 2.44. The van der Waals surface area contributed by atoms with Crippen LogP contribution in [0.3, 0.4) is 0 Å². The predicted octanol–water partition coefficient (Wildman–Crippen LogP) is 15.8. The number of benzene rings is 11. The molecule has 380 valence electrons. The van der Waals surface area contributed by atoms with Crippen molar-refractivity contribution in [2.75, 3.05) is 8.54 Å². The lowest BCUT2D eigenvalue weighted by Crippen LogP contribution is -2.35. The van der Waals surface area contributed by atoms with Crippen LogP contribution in [0.15, 0.2) is 228 Å². The van der Waals surface area contributed by atoms with E-state index in [1.54, 1.807) is 36.4 Å². The van der Waals surface area contributed by atoms with Crippen LogP contribution in [0.1, 0.15) is 33.4 Å². The molecule has 0 aromatic heterocycles. The molecule has 11 aromatic carbocycles. The number of nitrogens with zero attached hydrogens (tertiary/aromatic N) is 2. The molecule has 0 radical (unpaired) electrons. The second-order valence-electron chi connectivity index (χ2n) is 18.9. The molecule has 0 aliphatic carbocycles. The third-order valence-electron chi connectivity index (χ3n) is 14.1. The molecule has 0 saturated carbocycles. The molecule has 0 amide bonds. The van der Waals surface area contributed by atoms with E-state index >= 15 is 16.8 Å². The maximum Gasteiger partial charge on any atom is 0.487 e. The van der Waals surface area contributed by atoms with E-state index in [9.17, 15) is 0 Å². The normalized spacial score (nSPS) is 13.8. The zero-order chi connectivity index (χ0) is 52.4. The summed E-state index contributed by atoms with van der Waals surface area (Å²) in [5, 5.41) is 7.64. The van der Waals surface area contributed by atoms with Crippen LogP contribution in [-0.4, -0.2) is 16.8 Å². The van der Waals surface area contributed by atoms with Gasteiger partial charge < -0.3 is 18.1 Å². The fraction of sp³-hybridized carbons (Fsp3) is 0.0645. The lowest BCUT2D eigenvalue weighted by atomic mass is 9.93. The molecule has 2 heterocycles. The van der Waals surface area contributed by atoms with Crippen LogP contribution < -0.4 is 26.6 Å². The van der Waals surface area contributed by atoms with Gasteiger partial charge in [-0.25, -0.2) is 8.42 Å². The van der Waals surface area contributed by atoms with Gasteiger partial charge in [0, 0.05) is 35.1 Å². The molecule has 0 N–H and O–H groups in total. The van der Waals surface area contributed by atoms with Gasteiger partial charge in [0.25, 0.3) is 20.0 Å². The SMILES string of the molecule is Cc1ccc(S(=O)(=O)N(OP2Oc3ccc4ccccc4c3Cc3c(ccc4ccccc34)O2)c2ccccc2N(P2Oc3ccc4ccccc4c3Cc3c(ccc4ccccc34)O2)S(=O)(=O)c2ccc(C)cc2)cc1. The first-order valence-electron chi connectivity index (χ1n) is 24.8. The number of hydrogen-bond acceptors (Lipinski definition) is 9. The summed E-state index contributed by atoms with van der Waals surface area (Å²) in [6.45, 7) is 3.72. The topological polar surface area (TPSA) is 121 Å². The fourth-order valence-electron chi connectivity index (χ4n) is 10.1. The van der Waals surface area contributed by atoms with Crippen molar-refractivity contribution in [2.24, 2.45) is 0 Å². The van der Waals surface area contributed by atoms with Crippen LogP contribution >= 0.6 is 17.1 Å². The van der Waals surface area contributed by atoms with Gasteiger partial charge in [-0.2, -0.15) is 17.1 Å². The van der Waals surface area contributed by atoms with E-state index in [2.05, 4.69) is 0 Å². The van der Waals surface area contributed by atoms with Gasteiger partial charge in [0.2, 0.25) is 0 Å². The van der Waals surface area contributed by atoms with Crippen LogP contribution in [-0.2, 0) is 37.5 Å². The highest BCUT2D eigenvalue weighted by Crippen LogP contribution is 2.58. The smallest absolute Gasteiger partial charge is 0.422 e. The molecule has 0 atom stereocenters. The third kappa shape index (κ3) is 8.84. The second-order valence-corrected chi connectivity index (χ2v) is 24.9. The summed E-state index contributed by atoms with van der Waals surface area (Å²) in [6, 6.07) is 66.1. The Morgan fingerprint density at radius 1 is 0.377 bits per heavy atom. The molecule has 2 aliphatic rings. The Balaban J connectivity index is 1.03. The molecule has 2 aliphatic heterocycles. The number of sulfonamides is 2. The Morgan fingerprint density at radius 3 is 1.12 bits per heavy atom. The Morgan fingerprint density at radius 2 is 0.714 bits per heavy atom. The van der Waals surface area contributed by atoms with Crippen molar-refractivity contribution in [1.82, 2.24) is 0 Å². The lowest BCUT2D eigenvalue weighted by molar-refractivity contribution is 0.277. The first-order chi connectivity index (χ1) is 37.5. The van der Waals surface area contributed by atoms with Crippen LogP contribution in [0.5, 0.6) is 23.0 Å². The minimum atomic E-state index is -4.81. The van der Waals surface area contributed by atoms with E-state index < -0.39 is 37.2 Å². The maximum atomic E-state index is 16.0. The minimum absolute atomic E-state index is 0.0929. The monoisotopic (exact) mass is 1090 g/mol. The third-order valence-corrected chi connectivity index (χ3v) is 20.5. The Kier molecular flexibility index (Phi) is 12.3. The molecule has 0 spiro atoms. The number of para-hydroxylation sites is 2. The number of fused-ring (bicyclic) bond motifs is 12. The van der Waals surface area contributed by atoms with Gasteiger partial charge in [0.05, 0.1) is 15.5 Å². The van der Waals surface area contributed by atoms with E-state index in [4.69, 9.17) is 22.7 Å². The highest BCUT2D eigenvalue weighted by atomic mass is 32.2. The molecule has 15 heteroatoms. The molecule has 0 unspecified atom stereocenters. The molecule has 11 nitrogen and oxygen atoms in total. The van der Waals surface area contributed by atoms with Crippen LogP contribution in [0, 0.1) is 13.8 Å². The first-order valence-corrected chi connectivity index (χ1v) is 29.9. The van der Waals surface area contributed by atoms with Crippen molar-refractivity contribution < 1.29 is 39.6 Å². The van der Waals surface area contributed by atoms with E-state index in [-0.39, 0.29) is 21.2 Å². The summed E-state index contributed by atoms with van der Waals surface area (Å²) in [5.41, 5.74) is 4.66. The molecular formula is C62H46N2O9P2S2. The molecule has 0 saturated heterocycles. The summed E-state index contributed by atoms with van der Waals surface area (Å²) in [4.78, 5) is -0.235. The van der Waals surface area contributed by atoms with Crippen molar-refractivity contribution in [1.29, 1.82) is 0 Å². The second kappa shape index (κ2) is 19.5. The molecule has 11 aromatic rings. The summed E-state index contributed by atoms with van der Waals surface area (Å²) in [7, 11) is -15.1. The van der Waals surface area contributed by atoms with Crippen molar-refractivity contribution in [2.45, 2.75) is 36.5 Å². The molecule has 0 bridgehead atoms. The average molecular weight is 1090 g/mol. The molecule has 77 heavy (non-hydrogen) atoms. The first kappa shape index (κ1) is 48.6. The van der Waals surface area contributed by atoms with Gasteiger partial charge in [-0.3, -0.25) is 0 Å².